The molecule has 0 bridgehead atoms. The van der Waals surface area contributed by atoms with Crippen molar-refractivity contribution in [3.05, 3.63) is 29.5 Å². The van der Waals surface area contributed by atoms with Gasteiger partial charge in [-0.05, 0) is 18.2 Å². The van der Waals surface area contributed by atoms with Gasteiger partial charge in [0.25, 0.3) is 5.91 Å². The first-order valence-corrected chi connectivity index (χ1v) is 7.68. The molecule has 0 radical (unpaired) electrons. The molecule has 0 spiro atoms. The average Bonchev–Trinajstić information content (AvgIpc) is 2.85. The fourth-order valence-electron chi connectivity index (χ4n) is 2.57. The van der Waals surface area contributed by atoms with Crippen LogP contribution in [0.5, 0.6) is 11.5 Å². The molecule has 2 aliphatic heterocycles. The lowest BCUT2D eigenvalue weighted by Gasteiger charge is -2.27. The number of phenols is 2. The largest absolute Gasteiger partial charge is 0.508 e. The number of phenolic OH excluding ortho intramolecular Hbond substituents is 2. The summed E-state index contributed by atoms with van der Waals surface area (Å²) in [5.74, 6) is -1.35. The number of morpholine rings is 1. The van der Waals surface area contributed by atoms with Crippen molar-refractivity contribution in [2.75, 3.05) is 32.8 Å². The van der Waals surface area contributed by atoms with Crippen molar-refractivity contribution in [1.82, 2.24) is 15.1 Å². The maximum absolute atomic E-state index is 12.4. The zero-order valence-corrected chi connectivity index (χ0v) is 13.3. The second-order valence-electron chi connectivity index (χ2n) is 5.62. The topological polar surface area (TPSA) is 119 Å². The molecule has 3 N–H and O–H groups in total. The van der Waals surface area contributed by atoms with Crippen molar-refractivity contribution in [2.45, 2.75) is 0 Å². The van der Waals surface area contributed by atoms with Crippen molar-refractivity contribution < 1.29 is 29.3 Å². The minimum Gasteiger partial charge on any atom is -0.508 e. The van der Waals surface area contributed by atoms with E-state index in [-0.39, 0.29) is 35.2 Å². The van der Waals surface area contributed by atoms with Gasteiger partial charge in [-0.15, -0.1) is 0 Å². The molecule has 1 aromatic rings. The Labute approximate surface area is 143 Å². The van der Waals surface area contributed by atoms with Gasteiger partial charge in [0.05, 0.1) is 13.2 Å². The Bertz CT molecular complexity index is 754. The molecule has 9 heteroatoms. The summed E-state index contributed by atoms with van der Waals surface area (Å²) in [6, 6.07) is 3.16. The van der Waals surface area contributed by atoms with Gasteiger partial charge in [0.15, 0.2) is 0 Å². The number of nitrogens with one attached hydrogen (secondary N) is 1. The average molecular weight is 347 g/mol. The van der Waals surface area contributed by atoms with E-state index in [9.17, 15) is 24.6 Å². The van der Waals surface area contributed by atoms with Gasteiger partial charge in [-0.25, -0.2) is 9.69 Å². The number of ether oxygens (including phenoxy) is 1. The molecule has 0 saturated carbocycles. The number of carbonyl (C=O) groups is 3. The Morgan fingerprint density at radius 3 is 2.64 bits per heavy atom. The van der Waals surface area contributed by atoms with Crippen LogP contribution in [0.4, 0.5) is 4.79 Å². The molecule has 132 valence electrons. The van der Waals surface area contributed by atoms with Gasteiger partial charge in [0, 0.05) is 24.7 Å². The monoisotopic (exact) mass is 347 g/mol. The van der Waals surface area contributed by atoms with Crippen LogP contribution in [0.15, 0.2) is 23.9 Å². The lowest BCUT2D eigenvalue weighted by atomic mass is 10.1. The quantitative estimate of drug-likeness (QED) is 0.517. The molecule has 2 fully saturated rings. The predicted octanol–water partition coefficient (Wildman–Crippen LogP) is -0.151. The molecule has 9 nitrogen and oxygen atoms in total. The van der Waals surface area contributed by atoms with Crippen LogP contribution in [0.2, 0.25) is 0 Å². The van der Waals surface area contributed by atoms with Gasteiger partial charge in [-0.3, -0.25) is 9.59 Å². The number of hydrogen-bond acceptors (Lipinski definition) is 6. The van der Waals surface area contributed by atoms with Crippen LogP contribution in [-0.2, 0) is 14.3 Å². The third-order valence-electron chi connectivity index (χ3n) is 3.93. The van der Waals surface area contributed by atoms with E-state index in [0.29, 0.717) is 26.3 Å². The Kier molecular flexibility index (Phi) is 4.57. The van der Waals surface area contributed by atoms with E-state index in [4.69, 9.17) is 4.74 Å². The van der Waals surface area contributed by atoms with E-state index in [1.807, 2.05) is 0 Å². The summed E-state index contributed by atoms with van der Waals surface area (Å²) >= 11 is 0. The molecule has 0 aromatic heterocycles. The lowest BCUT2D eigenvalue weighted by Crippen LogP contribution is -2.47. The number of aromatic hydroxyl groups is 2. The van der Waals surface area contributed by atoms with Crippen LogP contribution >= 0.6 is 0 Å². The molecule has 25 heavy (non-hydrogen) atoms. The summed E-state index contributed by atoms with van der Waals surface area (Å²) in [5.41, 5.74) is 0.198. The van der Waals surface area contributed by atoms with Gasteiger partial charge in [-0.2, -0.15) is 0 Å². The first-order chi connectivity index (χ1) is 12.0. The maximum atomic E-state index is 12.4. The van der Waals surface area contributed by atoms with E-state index in [2.05, 4.69) is 5.32 Å². The summed E-state index contributed by atoms with van der Waals surface area (Å²) in [6.45, 7) is 1.34. The zero-order valence-electron chi connectivity index (χ0n) is 13.3. The van der Waals surface area contributed by atoms with Crippen LogP contribution in [0, 0.1) is 0 Å². The summed E-state index contributed by atoms with van der Waals surface area (Å²) in [5, 5.41) is 21.4. The molecule has 0 unspecified atom stereocenters. The van der Waals surface area contributed by atoms with Crippen molar-refractivity contribution in [3.8, 4) is 11.5 Å². The van der Waals surface area contributed by atoms with Crippen LogP contribution in [0.3, 0.4) is 0 Å². The third kappa shape index (κ3) is 3.56. The molecular formula is C16H17N3O6. The van der Waals surface area contributed by atoms with Gasteiger partial charge in [-0.1, -0.05) is 0 Å². The SMILES string of the molecule is O=C(CN1C(=O)N/C(=C\c2ccc(O)cc2O)C1=O)N1CCOCC1. The minimum atomic E-state index is -0.698. The Morgan fingerprint density at radius 2 is 1.96 bits per heavy atom. The lowest BCUT2D eigenvalue weighted by molar-refractivity contribution is -0.139. The Morgan fingerprint density at radius 1 is 1.24 bits per heavy atom. The van der Waals surface area contributed by atoms with Crippen molar-refractivity contribution >= 4 is 23.9 Å². The maximum Gasteiger partial charge on any atom is 0.329 e. The molecule has 3 rings (SSSR count). The van der Waals surface area contributed by atoms with Gasteiger partial charge in [0.1, 0.15) is 23.7 Å². The number of carbonyl (C=O) groups excluding carboxylic acids is 3. The minimum absolute atomic E-state index is 0.0548. The number of imide groups is 1. The third-order valence-corrected chi connectivity index (χ3v) is 3.93. The van der Waals surface area contributed by atoms with Crippen LogP contribution in [-0.4, -0.2) is 70.7 Å². The molecule has 0 aliphatic carbocycles. The number of amides is 4. The predicted molar refractivity (Wildman–Crippen MR) is 85.4 cm³/mol. The number of rotatable bonds is 3. The second-order valence-corrected chi connectivity index (χ2v) is 5.62. The van der Waals surface area contributed by atoms with Gasteiger partial charge < -0.3 is 25.2 Å². The van der Waals surface area contributed by atoms with Gasteiger partial charge in [0.2, 0.25) is 5.91 Å². The van der Waals surface area contributed by atoms with Crippen LogP contribution < -0.4 is 5.32 Å². The van der Waals surface area contributed by atoms with E-state index in [1.165, 1.54) is 23.1 Å². The van der Waals surface area contributed by atoms with Crippen LogP contribution in [0.25, 0.3) is 6.08 Å². The molecule has 0 atom stereocenters. The molecule has 2 aliphatic rings. The summed E-state index contributed by atoms with van der Waals surface area (Å²) < 4.78 is 5.16. The summed E-state index contributed by atoms with van der Waals surface area (Å²) in [4.78, 5) is 38.9. The fraction of sp³-hybridized carbons (Fsp3) is 0.312. The number of urea groups is 1. The summed E-state index contributed by atoms with van der Waals surface area (Å²) in [6.07, 6.45) is 1.29. The highest BCUT2D eigenvalue weighted by Crippen LogP contribution is 2.25. The highest BCUT2D eigenvalue weighted by molar-refractivity contribution is 6.15. The standard InChI is InChI=1S/C16H17N3O6/c20-11-2-1-10(13(21)8-11)7-12-15(23)19(16(24)17-12)9-14(22)18-3-5-25-6-4-18/h1-2,7-8,20-21H,3-6,9H2,(H,17,24)/b12-7-. The molecule has 2 saturated heterocycles. The highest BCUT2D eigenvalue weighted by Gasteiger charge is 2.36. The molecule has 1 aromatic carbocycles. The molecular weight excluding hydrogens is 330 g/mol. The molecule has 2 heterocycles. The smallest absolute Gasteiger partial charge is 0.329 e. The zero-order chi connectivity index (χ0) is 18.0. The highest BCUT2D eigenvalue weighted by atomic mass is 16.5. The van der Waals surface area contributed by atoms with E-state index >= 15 is 0 Å². The van der Waals surface area contributed by atoms with Gasteiger partial charge >= 0.3 is 6.03 Å². The summed E-state index contributed by atoms with van der Waals surface area (Å²) in [7, 11) is 0. The van der Waals surface area contributed by atoms with E-state index in [1.54, 1.807) is 0 Å². The molecule has 4 amide bonds. The first-order valence-electron chi connectivity index (χ1n) is 7.68. The van der Waals surface area contributed by atoms with E-state index in [0.717, 1.165) is 11.0 Å². The first kappa shape index (κ1) is 16.8. The number of hydrogen-bond donors (Lipinski definition) is 3. The van der Waals surface area contributed by atoms with E-state index < -0.39 is 11.9 Å². The number of benzene rings is 1. The Hall–Kier alpha value is -3.07. The normalized spacial score (nSPS) is 19.4. The van der Waals surface area contributed by atoms with Crippen molar-refractivity contribution in [2.24, 2.45) is 0 Å². The fourth-order valence-corrected chi connectivity index (χ4v) is 2.57. The Balaban J connectivity index is 1.73. The van der Waals surface area contributed by atoms with Crippen molar-refractivity contribution in [3.63, 3.8) is 0 Å². The number of nitrogens with zero attached hydrogens (tertiary/aromatic N) is 2. The van der Waals surface area contributed by atoms with Crippen LogP contribution in [0.1, 0.15) is 5.56 Å². The van der Waals surface area contributed by atoms with Crippen molar-refractivity contribution in [1.29, 1.82) is 0 Å². The second kappa shape index (κ2) is 6.81.